The van der Waals surface area contributed by atoms with Crippen LogP contribution in [-0.2, 0) is 9.53 Å². The van der Waals surface area contributed by atoms with Crippen LogP contribution in [0, 0.1) is 20.2 Å². The maximum absolute atomic E-state index is 13.8. The molecular formula is C30H24N4O9S. The average molecular weight is 617 g/mol. The summed E-state index contributed by atoms with van der Waals surface area (Å²) in [6.07, 6.45) is 1.66. The standard InChI is InChI=1S/C30H24N4O9S/c1-4-42-29(36)26-17(2)31-30-32(27(26)19-7-12-21(41-3)13-8-19)28(35)25(44-30)15-18-5-10-22(11-6-18)43-24-14-9-20(33(37)38)16-23(24)34(39)40/h5-16,27H,4H2,1-3H3/b25-15+. The minimum absolute atomic E-state index is 0.159. The molecule has 0 aliphatic carbocycles. The summed E-state index contributed by atoms with van der Waals surface area (Å²) in [5, 5.41) is 22.4. The van der Waals surface area contributed by atoms with Crippen LogP contribution in [0.3, 0.4) is 0 Å². The zero-order chi connectivity index (χ0) is 31.5. The predicted molar refractivity (Wildman–Crippen MR) is 160 cm³/mol. The minimum Gasteiger partial charge on any atom is -0.497 e. The van der Waals surface area contributed by atoms with Crippen molar-refractivity contribution in [3.8, 4) is 17.2 Å². The van der Waals surface area contributed by atoms with Gasteiger partial charge >= 0.3 is 11.7 Å². The normalized spacial score (nSPS) is 14.4. The fraction of sp³-hybridized carbons (Fsp3) is 0.167. The van der Waals surface area contributed by atoms with Gasteiger partial charge in [0.1, 0.15) is 11.5 Å². The van der Waals surface area contributed by atoms with Crippen LogP contribution >= 0.6 is 11.3 Å². The van der Waals surface area contributed by atoms with Gasteiger partial charge in [-0.25, -0.2) is 9.79 Å². The number of carbonyl (C=O) groups excluding carboxylic acids is 1. The van der Waals surface area contributed by atoms with E-state index in [1.165, 1.54) is 15.9 Å². The van der Waals surface area contributed by atoms with Crippen molar-refractivity contribution < 1.29 is 28.9 Å². The van der Waals surface area contributed by atoms with Crippen LogP contribution in [0.15, 0.2) is 87.8 Å². The van der Waals surface area contributed by atoms with Gasteiger partial charge in [0.05, 0.1) is 51.5 Å². The molecule has 3 aromatic carbocycles. The van der Waals surface area contributed by atoms with E-state index in [0.717, 1.165) is 18.2 Å². The lowest BCUT2D eigenvalue weighted by Gasteiger charge is -2.24. The number of hydrogen-bond donors (Lipinski definition) is 0. The molecule has 224 valence electrons. The Morgan fingerprint density at radius 2 is 1.70 bits per heavy atom. The number of non-ortho nitro benzene ring substituents is 1. The Morgan fingerprint density at radius 3 is 2.32 bits per heavy atom. The van der Waals surface area contributed by atoms with Crippen molar-refractivity contribution in [1.29, 1.82) is 0 Å². The largest absolute Gasteiger partial charge is 0.497 e. The first kappa shape index (κ1) is 29.8. The number of allylic oxidation sites excluding steroid dienone is 1. The first-order valence-electron chi connectivity index (χ1n) is 13.2. The number of fused-ring (bicyclic) bond motifs is 1. The average Bonchev–Trinajstić information content (AvgIpc) is 3.31. The second-order valence-corrected chi connectivity index (χ2v) is 10.4. The van der Waals surface area contributed by atoms with Crippen molar-refractivity contribution in [3.05, 3.63) is 129 Å². The highest BCUT2D eigenvalue weighted by atomic mass is 32.1. The quantitative estimate of drug-likeness (QED) is 0.150. The number of nitrogens with zero attached hydrogens (tertiary/aromatic N) is 4. The molecule has 0 fully saturated rings. The lowest BCUT2D eigenvalue weighted by molar-refractivity contribution is -0.394. The second-order valence-electron chi connectivity index (χ2n) is 9.41. The minimum atomic E-state index is -0.772. The first-order chi connectivity index (χ1) is 21.1. The summed E-state index contributed by atoms with van der Waals surface area (Å²) >= 11 is 1.17. The number of methoxy groups -OCH3 is 1. The van der Waals surface area contributed by atoms with Gasteiger partial charge in [0.25, 0.3) is 11.2 Å². The Balaban J connectivity index is 1.51. The van der Waals surface area contributed by atoms with Crippen LogP contribution in [-0.4, -0.2) is 34.1 Å². The van der Waals surface area contributed by atoms with Crippen LogP contribution in [0.5, 0.6) is 17.2 Å². The molecule has 0 N–H and O–H groups in total. The monoisotopic (exact) mass is 616 g/mol. The number of benzene rings is 3. The fourth-order valence-electron chi connectivity index (χ4n) is 4.65. The number of nitro benzene ring substituents is 2. The molecule has 5 rings (SSSR count). The molecular weight excluding hydrogens is 592 g/mol. The van der Waals surface area contributed by atoms with Gasteiger partial charge in [-0.15, -0.1) is 0 Å². The van der Waals surface area contributed by atoms with Crippen LogP contribution in [0.4, 0.5) is 11.4 Å². The van der Waals surface area contributed by atoms with E-state index in [2.05, 4.69) is 4.99 Å². The number of esters is 1. The smallest absolute Gasteiger partial charge is 0.338 e. The molecule has 0 bridgehead atoms. The third-order valence-corrected chi connectivity index (χ3v) is 7.69. The van der Waals surface area contributed by atoms with Crippen molar-refractivity contribution in [2.75, 3.05) is 13.7 Å². The molecule has 0 saturated heterocycles. The molecule has 0 spiro atoms. The molecule has 1 atom stereocenters. The highest BCUT2D eigenvalue weighted by Crippen LogP contribution is 2.35. The number of hydrogen-bond acceptors (Lipinski definition) is 11. The van der Waals surface area contributed by atoms with Gasteiger partial charge in [0.15, 0.2) is 4.80 Å². The van der Waals surface area contributed by atoms with Crippen LogP contribution in [0.2, 0.25) is 0 Å². The summed E-state index contributed by atoms with van der Waals surface area (Å²) in [6, 6.07) is 15.8. The summed E-state index contributed by atoms with van der Waals surface area (Å²) in [4.78, 5) is 52.8. The van der Waals surface area contributed by atoms with Gasteiger partial charge in [0, 0.05) is 6.07 Å². The molecule has 0 radical (unpaired) electrons. The summed E-state index contributed by atoms with van der Waals surface area (Å²) in [5.41, 5.74) is 0.677. The van der Waals surface area contributed by atoms with Crippen LogP contribution in [0.25, 0.3) is 6.08 Å². The first-order valence-corrected chi connectivity index (χ1v) is 14.0. The summed E-state index contributed by atoms with van der Waals surface area (Å²) < 4.78 is 18.1. The molecule has 1 unspecified atom stereocenters. The molecule has 2 heterocycles. The molecule has 4 aromatic rings. The van der Waals surface area contributed by atoms with E-state index >= 15 is 0 Å². The van der Waals surface area contributed by atoms with Gasteiger partial charge < -0.3 is 14.2 Å². The highest BCUT2D eigenvalue weighted by Gasteiger charge is 2.33. The molecule has 44 heavy (non-hydrogen) atoms. The molecule has 0 amide bonds. The Bertz CT molecular complexity index is 2000. The number of rotatable bonds is 9. The molecule has 14 heteroatoms. The molecule has 1 aliphatic rings. The molecule has 1 aromatic heterocycles. The van der Waals surface area contributed by atoms with Gasteiger partial charge in [0.2, 0.25) is 5.75 Å². The van der Waals surface area contributed by atoms with Crippen LogP contribution in [0.1, 0.15) is 31.0 Å². The van der Waals surface area contributed by atoms with E-state index in [-0.39, 0.29) is 29.2 Å². The zero-order valence-electron chi connectivity index (χ0n) is 23.6. The van der Waals surface area contributed by atoms with E-state index in [1.54, 1.807) is 75.6 Å². The number of aromatic nitrogens is 1. The van der Waals surface area contributed by atoms with Gasteiger partial charge in [-0.2, -0.15) is 0 Å². The maximum atomic E-state index is 13.8. The third kappa shape index (κ3) is 5.83. The Kier molecular flexibility index (Phi) is 8.35. The van der Waals surface area contributed by atoms with Crippen molar-refractivity contribution in [3.63, 3.8) is 0 Å². The number of ether oxygens (including phenoxy) is 3. The Labute approximate surface area is 252 Å². The number of carbonyl (C=O) groups is 1. The topological polar surface area (TPSA) is 165 Å². The molecule has 13 nitrogen and oxygen atoms in total. The van der Waals surface area contributed by atoms with Crippen molar-refractivity contribution >= 4 is 34.8 Å². The molecule has 0 saturated carbocycles. The molecule has 1 aliphatic heterocycles. The lowest BCUT2D eigenvalue weighted by atomic mass is 9.96. The van der Waals surface area contributed by atoms with Gasteiger partial charge in [-0.05, 0) is 61.4 Å². The van der Waals surface area contributed by atoms with E-state index in [4.69, 9.17) is 14.2 Å². The third-order valence-electron chi connectivity index (χ3n) is 6.70. The lowest BCUT2D eigenvalue weighted by Crippen LogP contribution is -2.39. The van der Waals surface area contributed by atoms with Gasteiger partial charge in [-0.1, -0.05) is 35.6 Å². The van der Waals surface area contributed by atoms with E-state index in [0.29, 0.717) is 31.9 Å². The van der Waals surface area contributed by atoms with E-state index in [1.807, 2.05) is 0 Å². The van der Waals surface area contributed by atoms with Gasteiger partial charge in [-0.3, -0.25) is 29.6 Å². The summed E-state index contributed by atoms with van der Waals surface area (Å²) in [6.45, 7) is 3.56. The summed E-state index contributed by atoms with van der Waals surface area (Å²) in [7, 11) is 1.55. The second kappa shape index (κ2) is 12.3. The number of thiazole rings is 1. The predicted octanol–water partition coefficient (Wildman–Crippen LogP) is 4.42. The van der Waals surface area contributed by atoms with Crippen molar-refractivity contribution in [1.82, 2.24) is 4.57 Å². The maximum Gasteiger partial charge on any atom is 0.338 e. The van der Waals surface area contributed by atoms with E-state index in [9.17, 15) is 29.8 Å². The van der Waals surface area contributed by atoms with Crippen molar-refractivity contribution in [2.24, 2.45) is 4.99 Å². The number of nitro groups is 2. The Morgan fingerprint density at radius 1 is 1.02 bits per heavy atom. The Hall–Kier alpha value is -5.63. The summed E-state index contributed by atoms with van der Waals surface area (Å²) in [5.74, 6) is 0.144. The van der Waals surface area contributed by atoms with Crippen LogP contribution < -0.4 is 24.4 Å². The fourth-order valence-corrected chi connectivity index (χ4v) is 5.70. The SMILES string of the molecule is CCOC(=O)C1=C(C)N=c2s/c(=C/c3ccc(Oc4ccc([N+](=O)[O-])cc4[N+](=O)[O-])cc3)c(=O)n2C1c1ccc(OC)cc1. The van der Waals surface area contributed by atoms with Crippen molar-refractivity contribution in [2.45, 2.75) is 19.9 Å². The zero-order valence-corrected chi connectivity index (χ0v) is 24.4. The highest BCUT2D eigenvalue weighted by molar-refractivity contribution is 7.07. The van der Waals surface area contributed by atoms with E-state index < -0.39 is 33.2 Å².